The molecule has 1 aromatic rings. The number of phosphoric ester groups is 1. The summed E-state index contributed by atoms with van der Waals surface area (Å²) >= 11 is 3.06. The molecule has 0 radical (unpaired) electrons. The maximum Gasteiger partial charge on any atom is 0.326 e. The Kier molecular flexibility index (Phi) is 3.47. The van der Waals surface area contributed by atoms with Gasteiger partial charge in [0.2, 0.25) is 0 Å². The van der Waals surface area contributed by atoms with Crippen molar-refractivity contribution in [3.8, 4) is 0 Å². The predicted molar refractivity (Wildman–Crippen MR) is 66.0 cm³/mol. The van der Waals surface area contributed by atoms with Gasteiger partial charge in [0.05, 0.1) is 18.4 Å². The minimum absolute atomic E-state index is 0.131. The minimum atomic E-state index is -4.29. The molecule has 11 heteroatoms. The number of hydrogen-bond acceptors (Lipinski definition) is 7. The van der Waals surface area contributed by atoms with Crippen LogP contribution >= 0.6 is 23.8 Å². The van der Waals surface area contributed by atoms with Crippen LogP contribution in [0.2, 0.25) is 0 Å². The summed E-state index contributed by atoms with van der Waals surface area (Å²) in [5.41, 5.74) is -1.01. The van der Waals surface area contributed by atoms with Gasteiger partial charge in [-0.25, -0.2) is 4.79 Å². The molecule has 1 aromatic heterocycles. The first kappa shape index (κ1) is 14.2. The largest absolute Gasteiger partial charge is 0.756 e. The average molecular weight is 368 g/mol. The van der Waals surface area contributed by atoms with Gasteiger partial charge in [-0.3, -0.25) is 14.3 Å². The summed E-state index contributed by atoms with van der Waals surface area (Å²) in [5, 5.41) is 0. The van der Waals surface area contributed by atoms with Crippen LogP contribution in [0.3, 0.4) is 0 Å². The number of fused-ring (bicyclic) bond motifs is 1. The van der Waals surface area contributed by atoms with E-state index >= 15 is 0 Å². The van der Waals surface area contributed by atoms with E-state index in [0.29, 0.717) is 0 Å². The normalized spacial score (nSPS) is 36.8. The average Bonchev–Trinajstić information content (AvgIpc) is 2.74. The van der Waals surface area contributed by atoms with Gasteiger partial charge in [-0.15, -0.1) is 0 Å². The van der Waals surface area contributed by atoms with E-state index < -0.39 is 37.4 Å². The zero-order valence-corrected chi connectivity index (χ0v) is 12.3. The lowest BCUT2D eigenvalue weighted by molar-refractivity contribution is -0.243. The lowest BCUT2D eigenvalue weighted by atomic mass is 10.1. The summed E-state index contributed by atoms with van der Waals surface area (Å²) < 4.78 is 26.3. The molecule has 0 spiro atoms. The quantitative estimate of drug-likeness (QED) is 0.641. The van der Waals surface area contributed by atoms with Gasteiger partial charge in [0.1, 0.15) is 16.7 Å². The van der Waals surface area contributed by atoms with Gasteiger partial charge >= 0.3 is 5.69 Å². The molecule has 4 atom stereocenters. The zero-order valence-electron chi connectivity index (χ0n) is 9.83. The fraction of sp³-hybridized carbons (Fsp3) is 0.556. The van der Waals surface area contributed by atoms with E-state index in [-0.39, 0.29) is 23.2 Å². The van der Waals surface area contributed by atoms with Crippen molar-refractivity contribution in [1.82, 2.24) is 9.97 Å². The molecule has 2 N–H and O–H groups in total. The van der Waals surface area contributed by atoms with Gasteiger partial charge in [0.25, 0.3) is 13.4 Å². The highest BCUT2D eigenvalue weighted by atomic mass is 79.9. The molecule has 3 unspecified atom stereocenters. The van der Waals surface area contributed by atoms with Gasteiger partial charge in [0, 0.05) is 6.42 Å². The van der Waals surface area contributed by atoms with E-state index in [2.05, 4.69) is 30.4 Å². The van der Waals surface area contributed by atoms with Crippen molar-refractivity contribution in [2.75, 3.05) is 6.61 Å². The molecule has 2 fully saturated rings. The van der Waals surface area contributed by atoms with Crippen molar-refractivity contribution >= 4 is 23.8 Å². The van der Waals surface area contributed by atoms with Gasteiger partial charge in [0.15, 0.2) is 0 Å². The molecule has 2 saturated heterocycles. The Morgan fingerprint density at radius 2 is 2.05 bits per heavy atom. The van der Waals surface area contributed by atoms with Crippen molar-refractivity contribution in [3.05, 3.63) is 31.0 Å². The van der Waals surface area contributed by atoms with Crippen LogP contribution in [0.4, 0.5) is 0 Å². The second-order valence-corrected chi connectivity index (χ2v) is 6.58. The predicted octanol–water partition coefficient (Wildman–Crippen LogP) is -0.461. The Hall–Kier alpha value is -0.770. The molecular weight excluding hydrogens is 359 g/mol. The second-order valence-electron chi connectivity index (χ2n) is 4.42. The van der Waals surface area contributed by atoms with Crippen molar-refractivity contribution in [2.24, 2.45) is 0 Å². The monoisotopic (exact) mass is 367 g/mol. The third kappa shape index (κ3) is 2.54. The fourth-order valence-corrected chi connectivity index (χ4v) is 3.63. The van der Waals surface area contributed by atoms with Crippen molar-refractivity contribution < 1.29 is 23.2 Å². The van der Waals surface area contributed by atoms with Gasteiger partial charge in [-0.1, -0.05) is 0 Å². The molecule has 3 rings (SSSR count). The van der Waals surface area contributed by atoms with Crippen LogP contribution in [0.1, 0.15) is 18.2 Å². The number of halogens is 1. The van der Waals surface area contributed by atoms with Gasteiger partial charge in [-0.2, -0.15) is 0 Å². The Morgan fingerprint density at radius 3 is 2.80 bits per heavy atom. The lowest BCUT2D eigenvalue weighted by Gasteiger charge is -2.33. The number of aromatic nitrogens is 2. The summed E-state index contributed by atoms with van der Waals surface area (Å²) in [6.45, 7) is -0.146. The van der Waals surface area contributed by atoms with Crippen LogP contribution in [0.5, 0.6) is 0 Å². The first-order chi connectivity index (χ1) is 9.35. The summed E-state index contributed by atoms with van der Waals surface area (Å²) in [6, 6.07) is 0. The van der Waals surface area contributed by atoms with Crippen molar-refractivity contribution in [3.63, 3.8) is 0 Å². The van der Waals surface area contributed by atoms with Crippen LogP contribution in [-0.2, 0) is 18.3 Å². The summed E-state index contributed by atoms with van der Waals surface area (Å²) in [5.74, 6) is 0. The molecule has 0 bridgehead atoms. The molecule has 9 nitrogen and oxygen atoms in total. The Bertz CT molecular complexity index is 700. The molecule has 0 aromatic carbocycles. The molecule has 2 aliphatic heterocycles. The molecule has 0 saturated carbocycles. The molecule has 0 aliphatic carbocycles. The van der Waals surface area contributed by atoms with E-state index in [0.717, 1.165) is 0 Å². The number of hydrogen-bond donors (Lipinski definition) is 2. The van der Waals surface area contributed by atoms with E-state index in [9.17, 15) is 19.0 Å². The van der Waals surface area contributed by atoms with Crippen LogP contribution in [-0.4, -0.2) is 28.8 Å². The maximum atomic E-state index is 11.5. The van der Waals surface area contributed by atoms with Crippen LogP contribution in [0.15, 0.2) is 14.1 Å². The summed E-state index contributed by atoms with van der Waals surface area (Å²) in [4.78, 5) is 38.5. The smallest absolute Gasteiger partial charge is 0.326 e. The zero-order chi connectivity index (χ0) is 14.5. The SMILES string of the molecule is O=c1[nH]c([C@H]2CC3OP(=O)([O-])OCC3O2)c(Br)c(=O)[nH]1. The number of H-pyrrole nitrogens is 2. The summed E-state index contributed by atoms with van der Waals surface area (Å²) in [7, 11) is -4.29. The highest BCUT2D eigenvalue weighted by Crippen LogP contribution is 2.50. The number of nitrogens with one attached hydrogen (secondary N) is 2. The number of rotatable bonds is 1. The van der Waals surface area contributed by atoms with E-state index in [1.807, 2.05) is 0 Å². The molecule has 0 amide bonds. The van der Waals surface area contributed by atoms with Crippen molar-refractivity contribution in [2.45, 2.75) is 24.7 Å². The second kappa shape index (κ2) is 4.90. The Morgan fingerprint density at radius 1 is 1.30 bits per heavy atom. The van der Waals surface area contributed by atoms with E-state index in [1.54, 1.807) is 0 Å². The van der Waals surface area contributed by atoms with Crippen LogP contribution in [0.25, 0.3) is 0 Å². The first-order valence-corrected chi connectivity index (χ1v) is 7.92. The Balaban J connectivity index is 1.90. The molecule has 110 valence electrons. The third-order valence-electron chi connectivity index (χ3n) is 3.09. The fourth-order valence-electron chi connectivity index (χ4n) is 2.23. The molecule has 20 heavy (non-hydrogen) atoms. The number of aromatic amines is 2. The van der Waals surface area contributed by atoms with Gasteiger partial charge in [-0.05, 0) is 15.9 Å². The summed E-state index contributed by atoms with van der Waals surface area (Å²) in [6.07, 6.45) is -1.72. The van der Waals surface area contributed by atoms with Crippen LogP contribution in [0, 0.1) is 0 Å². The topological polar surface area (TPSA) is 134 Å². The highest BCUT2D eigenvalue weighted by molar-refractivity contribution is 9.10. The lowest BCUT2D eigenvalue weighted by Crippen LogP contribution is -2.35. The van der Waals surface area contributed by atoms with Crippen molar-refractivity contribution in [1.29, 1.82) is 0 Å². The standard InChI is InChI=1S/C9H10BrN2O7P/c10-6-7(11-9(14)12-8(6)13)4-1-3-5(18-4)2-17-20(15,16)19-3/h3-5H,1-2H2,(H,15,16)(H2,11,12,13,14)/p-1/t3?,4-,5?/m1/s1. The maximum absolute atomic E-state index is 11.5. The van der Waals surface area contributed by atoms with Gasteiger partial charge < -0.3 is 23.7 Å². The van der Waals surface area contributed by atoms with Crippen LogP contribution < -0.4 is 16.1 Å². The first-order valence-electron chi connectivity index (χ1n) is 5.67. The molecule has 2 aliphatic rings. The third-order valence-corrected chi connectivity index (χ3v) is 4.88. The number of ether oxygens (including phenoxy) is 1. The molecular formula is C9H9BrN2O7P-. The number of phosphoric acid groups is 1. The Labute approximate surface area is 120 Å². The highest BCUT2D eigenvalue weighted by Gasteiger charge is 2.43. The minimum Gasteiger partial charge on any atom is -0.756 e. The van der Waals surface area contributed by atoms with E-state index in [4.69, 9.17) is 9.26 Å². The molecule has 3 heterocycles. The van der Waals surface area contributed by atoms with E-state index in [1.165, 1.54) is 0 Å².